The lowest BCUT2D eigenvalue weighted by Gasteiger charge is -2.22. The fraction of sp³-hybridized carbons (Fsp3) is 0. The Hall–Kier alpha value is -4.85. The van der Waals surface area contributed by atoms with Gasteiger partial charge in [-0.15, -0.1) is 0 Å². The molecule has 0 aliphatic carbocycles. The third kappa shape index (κ3) is 2.26. The van der Waals surface area contributed by atoms with Gasteiger partial charge >= 0.3 is 0 Å². The number of rotatable bonds is 2. The number of nitrogens with zero attached hydrogens (tertiary/aromatic N) is 2. The highest BCUT2D eigenvalue weighted by Crippen LogP contribution is 2.57. The van der Waals surface area contributed by atoms with Crippen molar-refractivity contribution < 1.29 is 4.57 Å². The van der Waals surface area contributed by atoms with Crippen molar-refractivity contribution in [1.29, 1.82) is 0 Å². The highest BCUT2D eigenvalue weighted by molar-refractivity contribution is 7.78. The van der Waals surface area contributed by atoms with Gasteiger partial charge in [0.1, 0.15) is 0 Å². The van der Waals surface area contributed by atoms with Gasteiger partial charge in [-0.05, 0) is 47.5 Å². The first-order valence-electron chi connectivity index (χ1n) is 13.7. The number of benzene rings is 6. The molecular formula is C36H21N2OP. The summed E-state index contributed by atoms with van der Waals surface area (Å²) in [6, 6.07) is 44.7. The molecule has 0 saturated heterocycles. The SMILES string of the molecule is O=P1(c2ccccc2)c2cccc3c4cc(-c5ccccc5)cc5c6ccc7c8ccccc8n1c7c6n(c23)c45. The van der Waals surface area contributed by atoms with E-state index in [0.29, 0.717) is 0 Å². The van der Waals surface area contributed by atoms with Gasteiger partial charge in [0.15, 0.2) is 0 Å². The minimum atomic E-state index is -3.33. The zero-order chi connectivity index (χ0) is 26.2. The van der Waals surface area contributed by atoms with E-state index in [1.807, 2.05) is 30.3 Å². The highest BCUT2D eigenvalue weighted by atomic mass is 31.2. The second-order valence-corrected chi connectivity index (χ2v) is 13.4. The number of fused-ring (bicyclic) bond motifs is 5. The Morgan fingerprint density at radius 2 is 1.07 bits per heavy atom. The van der Waals surface area contributed by atoms with Crippen LogP contribution < -0.4 is 10.6 Å². The Bertz CT molecular complexity index is 2560. The standard InChI is InChI=1S/C36H21N2OP/c39-40(24-12-5-2-6-13-24)32-17-9-15-26-29-20-23(22-10-3-1-4-11-22)21-30-28-19-18-27-25-14-7-8-16-31(25)38(40)36(27)35(28)37(33(29)30)34(26)32/h1-21H. The molecule has 1 aliphatic heterocycles. The van der Waals surface area contributed by atoms with Gasteiger partial charge in [0.05, 0.1) is 32.9 Å². The zero-order valence-corrected chi connectivity index (χ0v) is 22.3. The van der Waals surface area contributed by atoms with Crippen molar-refractivity contribution in [3.8, 4) is 11.1 Å². The van der Waals surface area contributed by atoms with Crippen LogP contribution in [0.3, 0.4) is 0 Å². The van der Waals surface area contributed by atoms with Crippen molar-refractivity contribution in [3.63, 3.8) is 0 Å². The molecule has 0 amide bonds. The van der Waals surface area contributed by atoms with Crippen LogP contribution in [0.1, 0.15) is 0 Å². The maximum Gasteiger partial charge on any atom is 0.236 e. The Morgan fingerprint density at radius 3 is 1.85 bits per heavy atom. The monoisotopic (exact) mass is 528 g/mol. The summed E-state index contributed by atoms with van der Waals surface area (Å²) in [6.07, 6.45) is 0. The van der Waals surface area contributed by atoms with Crippen molar-refractivity contribution in [3.05, 3.63) is 127 Å². The average molecular weight is 529 g/mol. The summed E-state index contributed by atoms with van der Waals surface area (Å²) < 4.78 is 20.7. The molecule has 40 heavy (non-hydrogen) atoms. The predicted molar refractivity (Wildman–Crippen MR) is 168 cm³/mol. The minimum Gasteiger partial charge on any atom is -0.305 e. The number of aromatic nitrogens is 2. The lowest BCUT2D eigenvalue weighted by Crippen LogP contribution is -2.21. The molecule has 3 aromatic heterocycles. The van der Waals surface area contributed by atoms with Crippen LogP contribution in [0.2, 0.25) is 0 Å². The van der Waals surface area contributed by atoms with Crippen molar-refractivity contribution >= 4 is 77.8 Å². The topological polar surface area (TPSA) is 26.4 Å². The second-order valence-electron chi connectivity index (χ2n) is 10.9. The first kappa shape index (κ1) is 21.0. The van der Waals surface area contributed by atoms with Crippen molar-refractivity contribution in [1.82, 2.24) is 8.74 Å². The van der Waals surface area contributed by atoms with Crippen LogP contribution in [0.25, 0.3) is 71.0 Å². The fourth-order valence-electron chi connectivity index (χ4n) is 7.39. The number of hydrogen-bond acceptors (Lipinski definition) is 1. The van der Waals surface area contributed by atoms with E-state index >= 15 is 4.57 Å². The van der Waals surface area contributed by atoms with Gasteiger partial charge in [0.25, 0.3) is 0 Å². The third-order valence-corrected chi connectivity index (χ3v) is 12.0. The molecule has 1 unspecified atom stereocenters. The van der Waals surface area contributed by atoms with Crippen LogP contribution in [-0.2, 0) is 4.57 Å². The van der Waals surface area contributed by atoms with Crippen molar-refractivity contribution in [2.75, 3.05) is 0 Å². The molecule has 9 aromatic rings. The summed E-state index contributed by atoms with van der Waals surface area (Å²) in [5, 5.41) is 8.83. The molecule has 0 fully saturated rings. The van der Waals surface area contributed by atoms with Gasteiger partial charge in [0.2, 0.25) is 7.29 Å². The molecule has 10 rings (SSSR count). The van der Waals surface area contributed by atoms with E-state index in [2.05, 4.69) is 106 Å². The Labute approximate surface area is 229 Å². The Kier molecular flexibility index (Phi) is 3.69. The molecule has 0 bridgehead atoms. The molecule has 0 N–H and O–H groups in total. The number of para-hydroxylation sites is 2. The van der Waals surface area contributed by atoms with Crippen LogP contribution in [0.15, 0.2) is 127 Å². The van der Waals surface area contributed by atoms with Gasteiger partial charge in [-0.1, -0.05) is 91.0 Å². The molecule has 186 valence electrons. The predicted octanol–water partition coefficient (Wildman–Crippen LogP) is 8.70. The molecule has 0 spiro atoms. The summed E-state index contributed by atoms with van der Waals surface area (Å²) in [7, 11) is -3.33. The first-order chi connectivity index (χ1) is 19.7. The maximum atomic E-state index is 16.1. The largest absolute Gasteiger partial charge is 0.305 e. The van der Waals surface area contributed by atoms with Gasteiger partial charge in [-0.3, -0.25) is 8.90 Å². The molecule has 1 atom stereocenters. The quantitative estimate of drug-likeness (QED) is 0.206. The summed E-state index contributed by atoms with van der Waals surface area (Å²) in [5.41, 5.74) is 7.89. The molecule has 4 heteroatoms. The zero-order valence-electron chi connectivity index (χ0n) is 21.4. The highest BCUT2D eigenvalue weighted by Gasteiger charge is 2.39. The number of hydrogen-bond donors (Lipinski definition) is 0. The van der Waals surface area contributed by atoms with E-state index in [4.69, 9.17) is 0 Å². The minimum absolute atomic E-state index is 0.853. The van der Waals surface area contributed by atoms with Gasteiger partial charge in [-0.25, -0.2) is 0 Å². The first-order valence-corrected chi connectivity index (χ1v) is 15.3. The van der Waals surface area contributed by atoms with Gasteiger partial charge in [0, 0.05) is 37.6 Å². The van der Waals surface area contributed by atoms with E-state index in [1.165, 1.54) is 32.8 Å². The van der Waals surface area contributed by atoms with Crippen LogP contribution in [0.5, 0.6) is 0 Å². The fourth-order valence-corrected chi connectivity index (χ4v) is 10.5. The van der Waals surface area contributed by atoms with E-state index in [9.17, 15) is 0 Å². The van der Waals surface area contributed by atoms with Crippen LogP contribution >= 0.6 is 7.29 Å². The normalized spacial score (nSPS) is 16.7. The van der Waals surface area contributed by atoms with E-state index in [0.717, 1.165) is 48.8 Å². The van der Waals surface area contributed by atoms with Crippen LogP contribution in [0, 0.1) is 0 Å². The average Bonchev–Trinajstić information content (AvgIpc) is 3.63. The molecular weight excluding hydrogens is 507 g/mol. The van der Waals surface area contributed by atoms with Crippen LogP contribution in [-0.4, -0.2) is 8.74 Å². The lowest BCUT2D eigenvalue weighted by atomic mass is 9.99. The van der Waals surface area contributed by atoms with Gasteiger partial charge < -0.3 is 4.40 Å². The van der Waals surface area contributed by atoms with Crippen molar-refractivity contribution in [2.45, 2.75) is 0 Å². The van der Waals surface area contributed by atoms with E-state index < -0.39 is 7.29 Å². The summed E-state index contributed by atoms with van der Waals surface area (Å²) in [5.74, 6) is 0. The Balaban J connectivity index is 1.56. The summed E-state index contributed by atoms with van der Waals surface area (Å²) in [6.45, 7) is 0. The lowest BCUT2D eigenvalue weighted by molar-refractivity contribution is 0.584. The molecule has 4 heterocycles. The van der Waals surface area contributed by atoms with Crippen molar-refractivity contribution in [2.24, 2.45) is 0 Å². The summed E-state index contributed by atoms with van der Waals surface area (Å²) >= 11 is 0. The maximum absolute atomic E-state index is 16.1. The van der Waals surface area contributed by atoms with E-state index in [1.54, 1.807) is 0 Å². The van der Waals surface area contributed by atoms with Gasteiger partial charge in [-0.2, -0.15) is 0 Å². The molecule has 1 aliphatic rings. The molecule has 0 radical (unpaired) electrons. The Morgan fingerprint density at radius 1 is 0.450 bits per heavy atom. The second kappa shape index (κ2) is 7.01. The molecule has 6 aromatic carbocycles. The third-order valence-electron chi connectivity index (χ3n) is 8.98. The molecule has 3 nitrogen and oxygen atoms in total. The summed E-state index contributed by atoms with van der Waals surface area (Å²) in [4.78, 5) is 0. The molecule has 0 saturated carbocycles. The smallest absolute Gasteiger partial charge is 0.236 e. The van der Waals surface area contributed by atoms with Crippen LogP contribution in [0.4, 0.5) is 0 Å². The van der Waals surface area contributed by atoms with E-state index in [-0.39, 0.29) is 0 Å².